The lowest BCUT2D eigenvalue weighted by molar-refractivity contribution is -0.136. The van der Waals surface area contributed by atoms with Crippen molar-refractivity contribution in [3.63, 3.8) is 0 Å². The molecule has 1 aromatic carbocycles. The Morgan fingerprint density at radius 2 is 2.00 bits per heavy atom. The van der Waals surface area contributed by atoms with Gasteiger partial charge in [-0.2, -0.15) is 5.10 Å². The number of benzene rings is 1. The SMILES string of the molecule is COc1cccc(CN2C(=O)N(c3ccc(-c4cn[nH]c4)cn3)CC23CCN(C(=O)CO)CC3)c1. The van der Waals surface area contributed by atoms with Gasteiger partial charge < -0.3 is 19.6 Å². The molecule has 2 saturated heterocycles. The van der Waals surface area contributed by atoms with Crippen molar-refractivity contribution in [1.82, 2.24) is 25.0 Å². The van der Waals surface area contributed by atoms with Gasteiger partial charge in [0, 0.05) is 43.2 Å². The van der Waals surface area contributed by atoms with Crippen molar-refractivity contribution in [3.8, 4) is 16.9 Å². The maximum atomic E-state index is 13.8. The number of anilines is 1. The number of nitrogens with zero attached hydrogens (tertiary/aromatic N) is 5. The Hall–Kier alpha value is -3.92. The summed E-state index contributed by atoms with van der Waals surface area (Å²) in [5, 5.41) is 16.0. The number of nitrogens with one attached hydrogen (secondary N) is 1. The summed E-state index contributed by atoms with van der Waals surface area (Å²) in [5.74, 6) is 1.04. The number of urea groups is 1. The summed E-state index contributed by atoms with van der Waals surface area (Å²) in [6.45, 7) is 1.38. The van der Waals surface area contributed by atoms with Crippen LogP contribution in [0.5, 0.6) is 5.75 Å². The summed E-state index contributed by atoms with van der Waals surface area (Å²) in [5.41, 5.74) is 2.36. The van der Waals surface area contributed by atoms with E-state index < -0.39 is 12.1 Å². The number of rotatable bonds is 6. The minimum absolute atomic E-state index is 0.113. The summed E-state index contributed by atoms with van der Waals surface area (Å²) in [6.07, 6.45) is 6.51. The van der Waals surface area contributed by atoms with Gasteiger partial charge in [0.2, 0.25) is 5.91 Å². The second kappa shape index (κ2) is 9.38. The van der Waals surface area contributed by atoms with Crippen LogP contribution in [0.2, 0.25) is 0 Å². The largest absolute Gasteiger partial charge is 0.497 e. The molecule has 0 unspecified atom stereocenters. The minimum atomic E-state index is -0.501. The highest BCUT2D eigenvalue weighted by molar-refractivity contribution is 5.94. The molecule has 2 N–H and O–H groups in total. The van der Waals surface area contributed by atoms with Gasteiger partial charge in [-0.3, -0.25) is 14.8 Å². The van der Waals surface area contributed by atoms with Crippen LogP contribution in [0.4, 0.5) is 10.6 Å². The van der Waals surface area contributed by atoms with E-state index >= 15 is 0 Å². The maximum absolute atomic E-state index is 13.8. The number of amides is 3. The summed E-state index contributed by atoms with van der Waals surface area (Å²) in [6, 6.07) is 11.4. The number of carbonyl (C=O) groups excluding carboxylic acids is 2. The molecule has 0 atom stereocenters. The molecule has 2 fully saturated rings. The van der Waals surface area contributed by atoms with Crippen LogP contribution in [0, 0.1) is 0 Å². The molecule has 2 aliphatic heterocycles. The number of ether oxygens (including phenoxy) is 1. The number of aliphatic hydroxyl groups is 1. The third-order valence-electron chi connectivity index (χ3n) is 7.00. The number of piperidine rings is 1. The Balaban J connectivity index is 1.43. The van der Waals surface area contributed by atoms with Gasteiger partial charge >= 0.3 is 6.03 Å². The van der Waals surface area contributed by atoms with Crippen LogP contribution in [0.1, 0.15) is 18.4 Å². The van der Waals surface area contributed by atoms with Crippen LogP contribution >= 0.6 is 0 Å². The number of pyridine rings is 1. The molecule has 0 radical (unpaired) electrons. The lowest BCUT2D eigenvalue weighted by atomic mass is 9.86. The summed E-state index contributed by atoms with van der Waals surface area (Å²) in [4.78, 5) is 35.7. The number of aromatic amines is 1. The van der Waals surface area contributed by atoms with Gasteiger partial charge in [-0.15, -0.1) is 0 Å². The van der Waals surface area contributed by atoms with E-state index in [-0.39, 0.29) is 11.9 Å². The molecule has 0 saturated carbocycles. The van der Waals surface area contributed by atoms with Crippen LogP contribution < -0.4 is 9.64 Å². The number of aliphatic hydroxyl groups excluding tert-OH is 1. The van der Waals surface area contributed by atoms with Crippen LogP contribution in [0.25, 0.3) is 11.1 Å². The van der Waals surface area contributed by atoms with Gasteiger partial charge in [0.1, 0.15) is 18.2 Å². The summed E-state index contributed by atoms with van der Waals surface area (Å²) >= 11 is 0. The first-order valence-electron chi connectivity index (χ1n) is 11.6. The standard InChI is InChI=1S/C25H28N6O4/c1-35-21-4-2-3-18(11-21)15-31-24(34)30(17-25(31)7-9-29(10-8-25)23(33)16-32)22-6-5-19(12-26-22)20-13-27-28-14-20/h2-6,11-14,32H,7-10,15-17H2,1H3,(H,27,28). The van der Waals surface area contributed by atoms with Crippen molar-refractivity contribution in [3.05, 3.63) is 60.6 Å². The van der Waals surface area contributed by atoms with Crippen LogP contribution in [-0.4, -0.2) is 80.9 Å². The number of H-pyrrole nitrogens is 1. The highest BCUT2D eigenvalue weighted by Gasteiger charge is 2.51. The third-order valence-corrected chi connectivity index (χ3v) is 7.00. The fourth-order valence-corrected chi connectivity index (χ4v) is 4.99. The molecule has 35 heavy (non-hydrogen) atoms. The lowest BCUT2D eigenvalue weighted by Crippen LogP contribution is -2.55. The van der Waals surface area contributed by atoms with Crippen LogP contribution in [0.15, 0.2) is 55.0 Å². The normalized spacial score (nSPS) is 17.3. The van der Waals surface area contributed by atoms with E-state index in [1.807, 2.05) is 41.3 Å². The molecule has 4 heterocycles. The van der Waals surface area contributed by atoms with Gasteiger partial charge in [0.05, 0.1) is 25.4 Å². The van der Waals surface area contributed by atoms with E-state index in [1.165, 1.54) is 0 Å². The van der Waals surface area contributed by atoms with Crippen molar-refractivity contribution >= 4 is 17.8 Å². The maximum Gasteiger partial charge on any atom is 0.326 e. The molecule has 0 bridgehead atoms. The van der Waals surface area contributed by atoms with Crippen molar-refractivity contribution in [2.45, 2.75) is 24.9 Å². The second-order valence-electron chi connectivity index (χ2n) is 8.96. The Labute approximate surface area is 203 Å². The smallest absolute Gasteiger partial charge is 0.326 e. The molecule has 0 aliphatic carbocycles. The first kappa shape index (κ1) is 22.9. The number of hydrogen-bond donors (Lipinski definition) is 2. The zero-order valence-corrected chi connectivity index (χ0v) is 19.6. The number of carbonyl (C=O) groups is 2. The Bertz CT molecular complexity index is 1190. The number of likely N-dealkylation sites (tertiary alicyclic amines) is 1. The van der Waals surface area contributed by atoms with E-state index in [9.17, 15) is 14.7 Å². The van der Waals surface area contributed by atoms with Crippen LogP contribution in [0.3, 0.4) is 0 Å². The molecule has 2 aromatic heterocycles. The monoisotopic (exact) mass is 476 g/mol. The summed E-state index contributed by atoms with van der Waals surface area (Å²) in [7, 11) is 1.62. The van der Waals surface area contributed by atoms with E-state index in [4.69, 9.17) is 4.74 Å². The fourth-order valence-electron chi connectivity index (χ4n) is 4.99. The number of aromatic nitrogens is 3. The quantitative estimate of drug-likeness (QED) is 0.564. The fraction of sp³-hybridized carbons (Fsp3) is 0.360. The average Bonchev–Trinajstić information content (AvgIpc) is 3.53. The van der Waals surface area contributed by atoms with Gasteiger partial charge in [-0.1, -0.05) is 12.1 Å². The van der Waals surface area contributed by atoms with Gasteiger partial charge in [0.15, 0.2) is 0 Å². The van der Waals surface area contributed by atoms with Gasteiger partial charge in [0.25, 0.3) is 0 Å². The Kier molecular flexibility index (Phi) is 6.12. The first-order chi connectivity index (χ1) is 17.0. The molecule has 1 spiro atoms. The molecule has 10 nitrogen and oxygen atoms in total. The zero-order valence-electron chi connectivity index (χ0n) is 19.6. The molecule has 5 rings (SSSR count). The van der Waals surface area contributed by atoms with Crippen molar-refractivity contribution in [1.29, 1.82) is 0 Å². The molecule has 3 aromatic rings. The zero-order chi connectivity index (χ0) is 24.4. The Morgan fingerprint density at radius 1 is 1.17 bits per heavy atom. The van der Waals surface area contributed by atoms with Gasteiger partial charge in [-0.05, 0) is 42.7 Å². The van der Waals surface area contributed by atoms with Crippen LogP contribution in [-0.2, 0) is 11.3 Å². The number of methoxy groups -OCH3 is 1. The topological polar surface area (TPSA) is 115 Å². The highest BCUT2D eigenvalue weighted by atomic mass is 16.5. The van der Waals surface area contributed by atoms with E-state index in [2.05, 4.69) is 15.2 Å². The molecule has 10 heteroatoms. The molecular weight excluding hydrogens is 448 g/mol. The molecule has 3 amide bonds. The lowest BCUT2D eigenvalue weighted by Gasteiger charge is -2.43. The number of hydrogen-bond acceptors (Lipinski definition) is 6. The molecular formula is C25H28N6O4. The Morgan fingerprint density at radius 3 is 2.66 bits per heavy atom. The van der Waals surface area contributed by atoms with Crippen molar-refractivity contribution in [2.24, 2.45) is 0 Å². The van der Waals surface area contributed by atoms with Crippen molar-refractivity contribution < 1.29 is 19.4 Å². The molecule has 2 aliphatic rings. The van der Waals surface area contributed by atoms with Gasteiger partial charge in [-0.25, -0.2) is 9.78 Å². The third kappa shape index (κ3) is 4.32. The van der Waals surface area contributed by atoms with E-state index in [0.717, 1.165) is 22.4 Å². The second-order valence-corrected chi connectivity index (χ2v) is 8.96. The predicted octanol–water partition coefficient (Wildman–Crippen LogP) is 2.28. The molecule has 182 valence electrons. The first-order valence-corrected chi connectivity index (χ1v) is 11.6. The minimum Gasteiger partial charge on any atom is -0.497 e. The van der Waals surface area contributed by atoms with E-state index in [1.54, 1.807) is 35.5 Å². The predicted molar refractivity (Wildman–Crippen MR) is 129 cm³/mol. The average molecular weight is 477 g/mol. The van der Waals surface area contributed by atoms with E-state index in [0.29, 0.717) is 44.8 Å². The summed E-state index contributed by atoms with van der Waals surface area (Å²) < 4.78 is 5.37. The highest BCUT2D eigenvalue weighted by Crippen LogP contribution is 2.39. The van der Waals surface area contributed by atoms with Crippen molar-refractivity contribution in [2.75, 3.05) is 38.3 Å².